The van der Waals surface area contributed by atoms with Crippen LogP contribution in [0.2, 0.25) is 0 Å². The highest BCUT2D eigenvalue weighted by atomic mass is 32.2. The largest absolute Gasteiger partial charge is 0.508 e. The van der Waals surface area contributed by atoms with Gasteiger partial charge in [-0.2, -0.15) is 0 Å². The van der Waals surface area contributed by atoms with Crippen LogP contribution in [0.15, 0.2) is 60.7 Å². The molecular weight excluding hydrogens is 528 g/mol. The lowest BCUT2D eigenvalue weighted by atomic mass is 9.83. The minimum atomic E-state index is -4.02. The van der Waals surface area contributed by atoms with Gasteiger partial charge in [0.05, 0.1) is 18.9 Å². The van der Waals surface area contributed by atoms with E-state index < -0.39 is 39.1 Å². The van der Waals surface area contributed by atoms with E-state index in [9.17, 15) is 18.6 Å². The van der Waals surface area contributed by atoms with Crippen molar-refractivity contribution in [3.8, 4) is 17.2 Å². The number of methoxy groups -OCH3 is 1. The topological polar surface area (TPSA) is 96.3 Å². The van der Waals surface area contributed by atoms with Crippen LogP contribution >= 0.6 is 0 Å². The first kappa shape index (κ1) is 25.6. The summed E-state index contributed by atoms with van der Waals surface area (Å²) in [5.41, 5.74) is 1.19. The van der Waals surface area contributed by atoms with Crippen molar-refractivity contribution in [3.63, 3.8) is 0 Å². The maximum atomic E-state index is 15.2. The molecule has 0 amide bonds. The Morgan fingerprint density at radius 2 is 1.51 bits per heavy atom. The SMILES string of the molecule is COc1ccc(N(CC2CC2)S(=O)(=O)C2CC3OC2C(c2ccc(O)cc2F)=C3c2ccc(O)cc2F)cc1. The summed E-state index contributed by atoms with van der Waals surface area (Å²) >= 11 is 0. The van der Waals surface area contributed by atoms with Crippen molar-refractivity contribution in [2.45, 2.75) is 36.7 Å². The van der Waals surface area contributed by atoms with Crippen molar-refractivity contribution in [1.82, 2.24) is 0 Å². The van der Waals surface area contributed by atoms with Crippen LogP contribution < -0.4 is 9.04 Å². The summed E-state index contributed by atoms with van der Waals surface area (Å²) in [4.78, 5) is 0. The van der Waals surface area contributed by atoms with Crippen LogP contribution in [0.5, 0.6) is 17.2 Å². The molecule has 2 N–H and O–H groups in total. The van der Waals surface area contributed by atoms with E-state index in [-0.39, 0.29) is 40.5 Å². The van der Waals surface area contributed by atoms with Gasteiger partial charge in [-0.15, -0.1) is 0 Å². The van der Waals surface area contributed by atoms with Crippen molar-refractivity contribution in [2.24, 2.45) is 5.92 Å². The molecule has 1 aliphatic carbocycles. The summed E-state index contributed by atoms with van der Waals surface area (Å²) in [5.74, 6) is -1.23. The molecule has 10 heteroatoms. The van der Waals surface area contributed by atoms with Gasteiger partial charge in [-0.25, -0.2) is 17.2 Å². The standard InChI is InChI=1S/C29H27F2NO6S/c1-37-20-8-4-17(5-9-20)32(15-16-2-3-16)39(35,36)26-14-25-27(21-10-6-18(33)12-23(21)30)28(29(26)38-25)22-11-7-19(34)13-24(22)31/h4-13,16,25-26,29,33-34H,2-3,14-15H2,1H3. The number of anilines is 1. The van der Waals surface area contributed by atoms with Gasteiger partial charge >= 0.3 is 0 Å². The third-order valence-electron chi connectivity index (χ3n) is 7.65. The minimum absolute atomic E-state index is 0.0286. The molecule has 2 heterocycles. The molecule has 1 saturated carbocycles. The fraction of sp³-hybridized carbons (Fsp3) is 0.310. The van der Waals surface area contributed by atoms with E-state index in [0.29, 0.717) is 23.6 Å². The highest BCUT2D eigenvalue weighted by molar-refractivity contribution is 7.93. The number of aromatic hydroxyl groups is 2. The van der Waals surface area contributed by atoms with Crippen LogP contribution in [0.4, 0.5) is 14.5 Å². The second kappa shape index (κ2) is 9.53. The fourth-order valence-corrected chi connectivity index (χ4v) is 7.66. The molecule has 6 rings (SSSR count). The third-order valence-corrected chi connectivity index (χ3v) is 9.83. The number of benzene rings is 3. The zero-order chi connectivity index (χ0) is 27.5. The van der Waals surface area contributed by atoms with Crippen molar-refractivity contribution in [2.75, 3.05) is 18.0 Å². The van der Waals surface area contributed by atoms with Crippen LogP contribution in [0, 0.1) is 17.6 Å². The maximum absolute atomic E-state index is 15.2. The van der Waals surface area contributed by atoms with Gasteiger partial charge in [0, 0.05) is 29.8 Å². The number of sulfonamides is 1. The van der Waals surface area contributed by atoms with Crippen LogP contribution in [0.25, 0.3) is 11.1 Å². The summed E-state index contributed by atoms with van der Waals surface area (Å²) < 4.78 is 71.6. The molecule has 2 fully saturated rings. The number of phenols is 2. The predicted octanol–water partition coefficient (Wildman–Crippen LogP) is 5.08. The second-order valence-corrected chi connectivity index (χ2v) is 12.3. The molecule has 1 saturated heterocycles. The van der Waals surface area contributed by atoms with Gasteiger partial charge in [0.2, 0.25) is 10.0 Å². The van der Waals surface area contributed by atoms with Crippen molar-refractivity contribution >= 4 is 26.9 Å². The van der Waals surface area contributed by atoms with E-state index >= 15 is 8.78 Å². The number of ether oxygens (including phenoxy) is 2. The molecule has 3 unspecified atom stereocenters. The van der Waals surface area contributed by atoms with E-state index in [4.69, 9.17) is 9.47 Å². The lowest BCUT2D eigenvalue weighted by molar-refractivity contribution is 0.128. The normalized spacial score (nSPS) is 22.4. The van der Waals surface area contributed by atoms with Gasteiger partial charge in [-0.05, 0) is 84.9 Å². The lowest BCUT2D eigenvalue weighted by Crippen LogP contribution is -2.44. The Balaban J connectivity index is 1.46. The van der Waals surface area contributed by atoms with Crippen LogP contribution in [-0.4, -0.2) is 49.7 Å². The Morgan fingerprint density at radius 1 is 0.923 bits per heavy atom. The molecular formula is C29H27F2NO6S. The van der Waals surface area contributed by atoms with Gasteiger partial charge in [-0.3, -0.25) is 4.31 Å². The lowest BCUT2D eigenvalue weighted by Gasteiger charge is -2.32. The van der Waals surface area contributed by atoms with Crippen molar-refractivity contribution in [1.29, 1.82) is 0 Å². The molecule has 3 aliphatic rings. The van der Waals surface area contributed by atoms with Crippen molar-refractivity contribution in [3.05, 3.63) is 83.4 Å². The number of fused-ring (bicyclic) bond motifs is 2. The monoisotopic (exact) mass is 555 g/mol. The first-order valence-electron chi connectivity index (χ1n) is 12.7. The summed E-state index contributed by atoms with van der Waals surface area (Å²) in [6.07, 6.45) is 0.0499. The highest BCUT2D eigenvalue weighted by Gasteiger charge is 2.55. The van der Waals surface area contributed by atoms with E-state index in [2.05, 4.69) is 0 Å². The van der Waals surface area contributed by atoms with Crippen LogP contribution in [0.3, 0.4) is 0 Å². The summed E-state index contributed by atoms with van der Waals surface area (Å²) in [6, 6.07) is 14.0. The molecule has 0 aromatic heterocycles. The van der Waals surface area contributed by atoms with Gasteiger partial charge in [-0.1, -0.05) is 0 Å². The second-order valence-electron chi connectivity index (χ2n) is 10.2. The Morgan fingerprint density at radius 3 is 2.05 bits per heavy atom. The fourth-order valence-electron chi connectivity index (χ4n) is 5.56. The Hall–Kier alpha value is -3.63. The first-order chi connectivity index (χ1) is 18.7. The number of hydrogen-bond acceptors (Lipinski definition) is 6. The number of nitrogens with zero attached hydrogens (tertiary/aromatic N) is 1. The van der Waals surface area contributed by atoms with E-state index in [1.54, 1.807) is 24.3 Å². The smallest absolute Gasteiger partial charge is 0.241 e. The Bertz CT molecular complexity index is 1570. The van der Waals surface area contributed by atoms with Crippen LogP contribution in [-0.2, 0) is 14.8 Å². The summed E-state index contributed by atoms with van der Waals surface area (Å²) in [5, 5.41) is 18.5. The Labute approximate surface area is 225 Å². The van der Waals surface area contributed by atoms with E-state index in [0.717, 1.165) is 25.0 Å². The van der Waals surface area contributed by atoms with E-state index in [1.807, 2.05) is 0 Å². The number of hydrogen-bond donors (Lipinski definition) is 2. The quantitative estimate of drug-likeness (QED) is 0.403. The van der Waals surface area contributed by atoms with Gasteiger partial charge in [0.1, 0.15) is 40.2 Å². The highest BCUT2D eigenvalue weighted by Crippen LogP contribution is 2.52. The van der Waals surface area contributed by atoms with Gasteiger partial charge in [0.15, 0.2) is 0 Å². The number of rotatable bonds is 8. The van der Waals surface area contributed by atoms with Crippen molar-refractivity contribution < 1.29 is 36.9 Å². The third kappa shape index (κ3) is 4.51. The number of phenolic OH excluding ortho intramolecular Hbond substituents is 2. The Kier molecular flexibility index (Phi) is 6.27. The maximum Gasteiger partial charge on any atom is 0.241 e. The van der Waals surface area contributed by atoms with Gasteiger partial charge in [0.25, 0.3) is 0 Å². The molecule has 3 aromatic carbocycles. The molecule has 204 valence electrons. The average Bonchev–Trinajstić information content (AvgIpc) is 3.52. The molecule has 0 radical (unpaired) electrons. The minimum Gasteiger partial charge on any atom is -0.508 e. The van der Waals surface area contributed by atoms with Gasteiger partial charge < -0.3 is 19.7 Å². The molecule has 0 spiro atoms. The van der Waals surface area contributed by atoms with E-state index in [1.165, 1.54) is 35.7 Å². The zero-order valence-electron chi connectivity index (χ0n) is 21.1. The molecule has 39 heavy (non-hydrogen) atoms. The van der Waals surface area contributed by atoms with Crippen LogP contribution in [0.1, 0.15) is 30.4 Å². The zero-order valence-corrected chi connectivity index (χ0v) is 21.9. The predicted molar refractivity (Wildman–Crippen MR) is 142 cm³/mol. The average molecular weight is 556 g/mol. The molecule has 3 atom stereocenters. The molecule has 2 aliphatic heterocycles. The first-order valence-corrected chi connectivity index (χ1v) is 14.2. The number of halogens is 2. The summed E-state index contributed by atoms with van der Waals surface area (Å²) in [6.45, 7) is 0.314. The summed E-state index contributed by atoms with van der Waals surface area (Å²) in [7, 11) is -2.48. The molecule has 3 aromatic rings. The molecule has 2 bridgehead atoms. The molecule has 7 nitrogen and oxygen atoms in total.